The molecule has 0 spiro atoms. The number of nitrogens with zero attached hydrogens (tertiary/aromatic N) is 4. The predicted octanol–water partition coefficient (Wildman–Crippen LogP) is 3.99. The normalized spacial score (nSPS) is 17.5. The van der Waals surface area contributed by atoms with Crippen LogP contribution in [0.4, 0.5) is 0 Å². The highest BCUT2D eigenvalue weighted by Crippen LogP contribution is 2.27. The Labute approximate surface area is 158 Å². The summed E-state index contributed by atoms with van der Waals surface area (Å²) in [6.07, 6.45) is 0. The van der Waals surface area contributed by atoms with Gasteiger partial charge in [0, 0.05) is 32.7 Å². The quantitative estimate of drug-likeness (QED) is 0.681. The molecule has 3 heterocycles. The lowest BCUT2D eigenvalue weighted by atomic mass is 10.1. The van der Waals surface area contributed by atoms with Crippen LogP contribution in [-0.2, 0) is 6.54 Å². The second kappa shape index (κ2) is 7.70. The molecule has 3 aromatic rings. The number of piperazine rings is 1. The molecule has 0 N–H and O–H groups in total. The van der Waals surface area contributed by atoms with Crippen LogP contribution in [0, 0.1) is 6.92 Å². The Hall–Kier alpha value is -2.02. The molecule has 0 unspecified atom stereocenters. The molecule has 26 heavy (non-hydrogen) atoms. The van der Waals surface area contributed by atoms with Gasteiger partial charge in [-0.25, -0.2) is 0 Å². The molecule has 6 heteroatoms. The molecular weight excluding hydrogens is 344 g/mol. The maximum absolute atomic E-state index is 5.91. The van der Waals surface area contributed by atoms with Gasteiger partial charge >= 0.3 is 0 Å². The van der Waals surface area contributed by atoms with Crippen LogP contribution in [0.25, 0.3) is 10.8 Å². The van der Waals surface area contributed by atoms with E-state index in [1.165, 1.54) is 11.1 Å². The first kappa shape index (κ1) is 17.4. The van der Waals surface area contributed by atoms with Gasteiger partial charge < -0.3 is 4.42 Å². The van der Waals surface area contributed by atoms with Crippen LogP contribution < -0.4 is 0 Å². The van der Waals surface area contributed by atoms with Crippen molar-refractivity contribution in [3.8, 4) is 10.8 Å². The van der Waals surface area contributed by atoms with Crippen molar-refractivity contribution in [1.82, 2.24) is 20.0 Å². The Balaban J connectivity index is 1.34. The number of aryl methyl sites for hydroxylation is 1. The third-order valence-corrected chi connectivity index (χ3v) is 5.83. The van der Waals surface area contributed by atoms with Gasteiger partial charge in [-0.15, -0.1) is 21.5 Å². The lowest BCUT2D eigenvalue weighted by Gasteiger charge is -2.36. The average Bonchev–Trinajstić information content (AvgIpc) is 3.33. The maximum atomic E-state index is 5.91. The standard InChI is InChI=1S/C20H24N4OS/c1-15-5-3-6-17(13-15)14-23-8-10-24(11-9-23)16(2)19-21-22-20(25-19)18-7-4-12-26-18/h3-7,12-13,16H,8-11,14H2,1-2H3/t16-/m0/s1. The maximum Gasteiger partial charge on any atom is 0.257 e. The van der Waals surface area contributed by atoms with Gasteiger partial charge in [0.2, 0.25) is 5.89 Å². The monoisotopic (exact) mass is 368 g/mol. The molecule has 1 fully saturated rings. The van der Waals surface area contributed by atoms with Crippen LogP contribution in [0.3, 0.4) is 0 Å². The molecular formula is C20H24N4OS. The van der Waals surface area contributed by atoms with Gasteiger partial charge in [0.1, 0.15) is 0 Å². The van der Waals surface area contributed by atoms with Crippen molar-refractivity contribution in [2.24, 2.45) is 0 Å². The molecule has 2 aromatic heterocycles. The summed E-state index contributed by atoms with van der Waals surface area (Å²) in [5.74, 6) is 1.33. The van der Waals surface area contributed by atoms with Crippen molar-refractivity contribution in [2.45, 2.75) is 26.4 Å². The van der Waals surface area contributed by atoms with Crippen LogP contribution in [0.5, 0.6) is 0 Å². The minimum absolute atomic E-state index is 0.150. The van der Waals surface area contributed by atoms with Crippen LogP contribution in [-0.4, -0.2) is 46.2 Å². The zero-order chi connectivity index (χ0) is 17.9. The second-order valence-electron chi connectivity index (χ2n) is 6.90. The number of thiophene rings is 1. The predicted molar refractivity (Wildman–Crippen MR) is 104 cm³/mol. The van der Waals surface area contributed by atoms with Crippen molar-refractivity contribution >= 4 is 11.3 Å². The highest BCUT2D eigenvalue weighted by atomic mass is 32.1. The van der Waals surface area contributed by atoms with Crippen molar-refractivity contribution in [3.63, 3.8) is 0 Å². The highest BCUT2D eigenvalue weighted by molar-refractivity contribution is 7.13. The molecule has 1 aliphatic heterocycles. The summed E-state index contributed by atoms with van der Waals surface area (Å²) in [6, 6.07) is 12.9. The first-order chi connectivity index (χ1) is 12.7. The number of benzene rings is 1. The lowest BCUT2D eigenvalue weighted by Crippen LogP contribution is -2.46. The Morgan fingerprint density at radius 3 is 2.69 bits per heavy atom. The Kier molecular flexibility index (Phi) is 5.15. The van der Waals surface area contributed by atoms with E-state index in [0.717, 1.165) is 37.6 Å². The molecule has 1 saturated heterocycles. The summed E-state index contributed by atoms with van der Waals surface area (Å²) in [6.45, 7) is 9.48. The molecule has 0 saturated carbocycles. The molecule has 5 nitrogen and oxygen atoms in total. The van der Waals surface area contributed by atoms with Gasteiger partial charge in [-0.05, 0) is 30.9 Å². The molecule has 136 valence electrons. The van der Waals surface area contributed by atoms with Gasteiger partial charge in [-0.1, -0.05) is 35.9 Å². The van der Waals surface area contributed by atoms with E-state index in [1.54, 1.807) is 11.3 Å². The van der Waals surface area contributed by atoms with E-state index in [4.69, 9.17) is 4.42 Å². The third-order valence-electron chi connectivity index (χ3n) is 4.97. The SMILES string of the molecule is Cc1cccc(CN2CCN([C@@H](C)c3nnc(-c4cccs4)o3)CC2)c1. The highest BCUT2D eigenvalue weighted by Gasteiger charge is 2.26. The molecule has 1 aromatic carbocycles. The van der Waals surface area contributed by atoms with E-state index in [2.05, 4.69) is 58.1 Å². The van der Waals surface area contributed by atoms with Crippen LogP contribution in [0.1, 0.15) is 30.0 Å². The van der Waals surface area contributed by atoms with Crippen molar-refractivity contribution < 1.29 is 4.42 Å². The van der Waals surface area contributed by atoms with Gasteiger partial charge in [0.25, 0.3) is 5.89 Å². The van der Waals surface area contributed by atoms with Crippen molar-refractivity contribution in [1.29, 1.82) is 0 Å². The molecule has 0 amide bonds. The number of hydrogen-bond acceptors (Lipinski definition) is 6. The molecule has 1 atom stereocenters. The van der Waals surface area contributed by atoms with Crippen LogP contribution in [0.2, 0.25) is 0 Å². The minimum Gasteiger partial charge on any atom is -0.418 e. The van der Waals surface area contributed by atoms with Crippen LogP contribution >= 0.6 is 11.3 Å². The molecule has 4 rings (SSSR count). The fourth-order valence-corrected chi connectivity index (χ4v) is 4.08. The lowest BCUT2D eigenvalue weighted by molar-refractivity contribution is 0.0876. The minimum atomic E-state index is 0.150. The fourth-order valence-electron chi connectivity index (χ4n) is 3.44. The van der Waals surface area contributed by atoms with Crippen molar-refractivity contribution in [3.05, 3.63) is 58.8 Å². The van der Waals surface area contributed by atoms with Gasteiger partial charge in [0.15, 0.2) is 0 Å². The summed E-state index contributed by atoms with van der Waals surface area (Å²) in [7, 11) is 0. The van der Waals surface area contributed by atoms with Gasteiger partial charge in [-0.2, -0.15) is 0 Å². The summed E-state index contributed by atoms with van der Waals surface area (Å²) in [5.41, 5.74) is 2.72. The second-order valence-corrected chi connectivity index (χ2v) is 7.85. The van der Waals surface area contributed by atoms with Gasteiger partial charge in [-0.3, -0.25) is 9.80 Å². The fraction of sp³-hybridized carbons (Fsp3) is 0.400. The number of aromatic nitrogens is 2. The smallest absolute Gasteiger partial charge is 0.257 e. The number of rotatable bonds is 5. The summed E-state index contributed by atoms with van der Waals surface area (Å²) < 4.78 is 5.91. The third kappa shape index (κ3) is 3.87. The Morgan fingerprint density at radius 1 is 1.12 bits per heavy atom. The van der Waals surface area contributed by atoms with E-state index in [9.17, 15) is 0 Å². The zero-order valence-corrected chi connectivity index (χ0v) is 16.1. The Morgan fingerprint density at radius 2 is 1.96 bits per heavy atom. The van der Waals surface area contributed by atoms with Crippen molar-refractivity contribution in [2.75, 3.05) is 26.2 Å². The van der Waals surface area contributed by atoms with Crippen LogP contribution in [0.15, 0.2) is 46.2 Å². The van der Waals surface area contributed by atoms with E-state index in [0.29, 0.717) is 11.8 Å². The topological polar surface area (TPSA) is 45.4 Å². The molecule has 1 aliphatic rings. The molecule has 0 aliphatic carbocycles. The first-order valence-electron chi connectivity index (χ1n) is 9.08. The van der Waals surface area contributed by atoms with E-state index >= 15 is 0 Å². The average molecular weight is 369 g/mol. The molecule has 0 radical (unpaired) electrons. The largest absolute Gasteiger partial charge is 0.418 e. The van der Waals surface area contributed by atoms with E-state index < -0.39 is 0 Å². The van der Waals surface area contributed by atoms with Gasteiger partial charge in [0.05, 0.1) is 10.9 Å². The van der Waals surface area contributed by atoms with E-state index in [-0.39, 0.29) is 6.04 Å². The zero-order valence-electron chi connectivity index (χ0n) is 15.3. The van der Waals surface area contributed by atoms with E-state index in [1.807, 2.05) is 17.5 Å². The Bertz CT molecular complexity index is 837. The summed E-state index contributed by atoms with van der Waals surface area (Å²) >= 11 is 1.62. The number of hydrogen-bond donors (Lipinski definition) is 0. The first-order valence-corrected chi connectivity index (χ1v) is 9.96. The summed E-state index contributed by atoms with van der Waals surface area (Å²) in [4.78, 5) is 5.97. The summed E-state index contributed by atoms with van der Waals surface area (Å²) in [5, 5.41) is 10.5. The molecule has 0 bridgehead atoms.